The molecule has 0 spiro atoms. The molecule has 0 aromatic rings. The molecule has 0 aromatic heterocycles. The fourth-order valence-electron chi connectivity index (χ4n) is 7.19. The maximum Gasteiger partial charge on any atom is 0.226 e. The van der Waals surface area contributed by atoms with Crippen molar-refractivity contribution in [2.45, 2.75) is 58.8 Å². The average Bonchev–Trinajstić information content (AvgIpc) is 2.95. The number of piperidine rings is 1. The van der Waals surface area contributed by atoms with Gasteiger partial charge >= 0.3 is 0 Å². The molecular formula is C21H32N2O2. The number of hydrogen-bond donors (Lipinski definition) is 1. The topological polar surface area (TPSA) is 49.4 Å². The highest BCUT2D eigenvalue weighted by Gasteiger charge is 2.60. The van der Waals surface area contributed by atoms with Gasteiger partial charge in [-0.05, 0) is 61.7 Å². The Bertz CT molecular complexity index is 642. The van der Waals surface area contributed by atoms with Crippen molar-refractivity contribution in [3.63, 3.8) is 0 Å². The molecule has 4 rings (SSSR count). The van der Waals surface area contributed by atoms with Crippen LogP contribution in [0.25, 0.3) is 0 Å². The van der Waals surface area contributed by atoms with Gasteiger partial charge in [0.1, 0.15) is 0 Å². The third kappa shape index (κ3) is 2.18. The molecule has 4 aliphatic rings. The highest BCUT2D eigenvalue weighted by Crippen LogP contribution is 2.65. The van der Waals surface area contributed by atoms with Gasteiger partial charge in [-0.2, -0.15) is 0 Å². The maximum atomic E-state index is 12.4. The first-order chi connectivity index (χ1) is 11.8. The number of nitrogens with zero attached hydrogens (tertiary/aromatic N) is 1. The standard InChI is InChI=1S/C21H32N2O2/c1-20-11-9-15-13(14(20)6-7-16(20)19(25)22-3)5-8-17-21(15,2)12-10-18(24)23(17)4/h8,13-16H,5-7,9-12H2,1-4H3,(H,22,25). The van der Waals surface area contributed by atoms with E-state index in [1.54, 1.807) is 7.05 Å². The molecular weight excluding hydrogens is 312 g/mol. The first kappa shape index (κ1) is 17.1. The molecule has 4 heteroatoms. The molecule has 2 amide bonds. The van der Waals surface area contributed by atoms with Gasteiger partial charge in [-0.25, -0.2) is 0 Å². The number of allylic oxidation sites excluding steroid dienone is 2. The minimum absolute atomic E-state index is 0.137. The average molecular weight is 344 g/mol. The number of amides is 2. The Balaban J connectivity index is 1.67. The predicted octanol–water partition coefficient (Wildman–Crippen LogP) is 3.34. The smallest absolute Gasteiger partial charge is 0.226 e. The van der Waals surface area contributed by atoms with Crippen LogP contribution in [0.2, 0.25) is 0 Å². The Hall–Kier alpha value is -1.32. The molecule has 3 aliphatic carbocycles. The van der Waals surface area contributed by atoms with Crippen LogP contribution >= 0.6 is 0 Å². The lowest BCUT2D eigenvalue weighted by Gasteiger charge is -2.58. The first-order valence-corrected chi connectivity index (χ1v) is 10.0. The molecule has 2 saturated carbocycles. The zero-order valence-electron chi connectivity index (χ0n) is 16.1. The van der Waals surface area contributed by atoms with Crippen molar-refractivity contribution in [2.75, 3.05) is 14.1 Å². The van der Waals surface area contributed by atoms with Gasteiger partial charge in [-0.1, -0.05) is 19.9 Å². The Kier molecular flexibility index (Phi) is 3.82. The lowest BCUT2D eigenvalue weighted by atomic mass is 9.49. The molecule has 1 aliphatic heterocycles. The van der Waals surface area contributed by atoms with Crippen LogP contribution in [0.4, 0.5) is 0 Å². The van der Waals surface area contributed by atoms with Gasteiger partial charge < -0.3 is 10.2 Å². The molecule has 1 heterocycles. The summed E-state index contributed by atoms with van der Waals surface area (Å²) in [6.07, 6.45) is 9.67. The number of carbonyl (C=O) groups is 2. The normalized spacial score (nSPS) is 46.0. The molecule has 6 atom stereocenters. The zero-order valence-corrected chi connectivity index (χ0v) is 16.1. The summed E-state index contributed by atoms with van der Waals surface area (Å²) in [5, 5.41) is 2.91. The zero-order chi connectivity index (χ0) is 18.0. The summed E-state index contributed by atoms with van der Waals surface area (Å²) in [4.78, 5) is 26.5. The number of likely N-dealkylation sites (tertiary alicyclic amines) is 1. The summed E-state index contributed by atoms with van der Waals surface area (Å²) < 4.78 is 0. The monoisotopic (exact) mass is 344 g/mol. The lowest BCUT2D eigenvalue weighted by Crippen LogP contribution is -2.54. The van der Waals surface area contributed by atoms with E-state index in [1.165, 1.54) is 18.5 Å². The third-order valence-corrected chi connectivity index (χ3v) is 8.58. The number of nitrogens with one attached hydrogen (secondary N) is 1. The summed E-state index contributed by atoms with van der Waals surface area (Å²) in [5.41, 5.74) is 1.56. The summed E-state index contributed by atoms with van der Waals surface area (Å²) in [7, 11) is 3.73. The molecule has 1 saturated heterocycles. The minimum Gasteiger partial charge on any atom is -0.359 e. The van der Waals surface area contributed by atoms with Crippen LogP contribution in [0.15, 0.2) is 11.8 Å². The van der Waals surface area contributed by atoms with Crippen molar-refractivity contribution >= 4 is 11.8 Å². The van der Waals surface area contributed by atoms with Gasteiger partial charge in [0, 0.05) is 37.5 Å². The van der Waals surface area contributed by atoms with Crippen LogP contribution in [-0.2, 0) is 9.59 Å². The van der Waals surface area contributed by atoms with E-state index in [9.17, 15) is 9.59 Å². The Morgan fingerprint density at radius 3 is 2.68 bits per heavy atom. The van der Waals surface area contributed by atoms with E-state index < -0.39 is 0 Å². The fourth-order valence-corrected chi connectivity index (χ4v) is 7.19. The SMILES string of the molecule is CNC(=O)C1CCC2C3CC=C4N(C)C(=O)CCC4(C)C3CCC12C. The van der Waals surface area contributed by atoms with Gasteiger partial charge in [0.05, 0.1) is 0 Å². The Morgan fingerprint density at radius 1 is 1.20 bits per heavy atom. The van der Waals surface area contributed by atoms with Gasteiger partial charge in [-0.15, -0.1) is 0 Å². The van der Waals surface area contributed by atoms with Crippen LogP contribution in [0, 0.1) is 34.5 Å². The number of carbonyl (C=O) groups excluding carboxylic acids is 2. The molecule has 0 bridgehead atoms. The first-order valence-electron chi connectivity index (χ1n) is 10.0. The summed E-state index contributed by atoms with van der Waals surface area (Å²) in [5.74, 6) is 2.66. The molecule has 0 radical (unpaired) electrons. The largest absolute Gasteiger partial charge is 0.359 e. The van der Waals surface area contributed by atoms with E-state index in [-0.39, 0.29) is 28.6 Å². The molecule has 25 heavy (non-hydrogen) atoms. The highest BCUT2D eigenvalue weighted by molar-refractivity contribution is 5.80. The third-order valence-electron chi connectivity index (χ3n) is 8.58. The highest BCUT2D eigenvalue weighted by atomic mass is 16.2. The predicted molar refractivity (Wildman–Crippen MR) is 97.4 cm³/mol. The van der Waals surface area contributed by atoms with Crippen molar-refractivity contribution in [1.29, 1.82) is 0 Å². The van der Waals surface area contributed by atoms with Crippen LogP contribution in [0.5, 0.6) is 0 Å². The van der Waals surface area contributed by atoms with E-state index in [4.69, 9.17) is 0 Å². The molecule has 0 aromatic carbocycles. The fraction of sp³-hybridized carbons (Fsp3) is 0.810. The summed E-state index contributed by atoms with van der Waals surface area (Å²) in [6, 6.07) is 0. The van der Waals surface area contributed by atoms with Gasteiger partial charge in [0.15, 0.2) is 0 Å². The molecule has 3 fully saturated rings. The number of rotatable bonds is 1. The van der Waals surface area contributed by atoms with Crippen molar-refractivity contribution in [3.05, 3.63) is 11.8 Å². The van der Waals surface area contributed by atoms with E-state index in [2.05, 4.69) is 25.2 Å². The van der Waals surface area contributed by atoms with Crippen molar-refractivity contribution in [2.24, 2.45) is 34.5 Å². The number of hydrogen-bond acceptors (Lipinski definition) is 2. The summed E-state index contributed by atoms with van der Waals surface area (Å²) >= 11 is 0. The second-order valence-electron chi connectivity index (χ2n) is 9.36. The van der Waals surface area contributed by atoms with Crippen LogP contribution in [0.1, 0.15) is 58.8 Å². The van der Waals surface area contributed by atoms with Gasteiger partial charge in [-0.3, -0.25) is 9.59 Å². The molecule has 138 valence electrons. The Morgan fingerprint density at radius 2 is 1.96 bits per heavy atom. The van der Waals surface area contributed by atoms with Gasteiger partial charge in [0.2, 0.25) is 11.8 Å². The van der Waals surface area contributed by atoms with Gasteiger partial charge in [0.25, 0.3) is 0 Å². The quantitative estimate of drug-likeness (QED) is 0.793. The van der Waals surface area contributed by atoms with E-state index >= 15 is 0 Å². The van der Waals surface area contributed by atoms with Crippen LogP contribution in [-0.4, -0.2) is 30.8 Å². The van der Waals surface area contributed by atoms with E-state index in [1.807, 2.05) is 11.9 Å². The second kappa shape index (κ2) is 5.59. The number of fused-ring (bicyclic) bond motifs is 5. The van der Waals surface area contributed by atoms with Crippen molar-refractivity contribution in [1.82, 2.24) is 10.2 Å². The second-order valence-corrected chi connectivity index (χ2v) is 9.36. The summed E-state index contributed by atoms with van der Waals surface area (Å²) in [6.45, 7) is 4.77. The Labute approximate surface area is 151 Å². The maximum absolute atomic E-state index is 12.4. The minimum atomic E-state index is 0.137. The molecule has 6 unspecified atom stereocenters. The van der Waals surface area contributed by atoms with Crippen molar-refractivity contribution in [3.8, 4) is 0 Å². The molecule has 1 N–H and O–H groups in total. The van der Waals surface area contributed by atoms with Crippen LogP contribution < -0.4 is 5.32 Å². The van der Waals surface area contributed by atoms with Crippen molar-refractivity contribution < 1.29 is 9.59 Å². The van der Waals surface area contributed by atoms with E-state index in [0.717, 1.165) is 25.7 Å². The van der Waals surface area contributed by atoms with E-state index in [0.29, 0.717) is 24.2 Å². The lowest BCUT2D eigenvalue weighted by molar-refractivity contribution is -0.138. The van der Waals surface area contributed by atoms with Crippen LogP contribution in [0.3, 0.4) is 0 Å². The molecule has 4 nitrogen and oxygen atoms in total.